The number of aryl methyl sites for hydroxylation is 2. The van der Waals surface area contributed by atoms with Gasteiger partial charge in [-0.1, -0.05) is 34.1 Å². The molecule has 0 aliphatic heterocycles. The van der Waals surface area contributed by atoms with E-state index in [4.69, 9.17) is 4.74 Å². The van der Waals surface area contributed by atoms with Crippen molar-refractivity contribution >= 4 is 22.2 Å². The summed E-state index contributed by atoms with van der Waals surface area (Å²) in [7, 11) is 0. The minimum Gasteiger partial charge on any atom is -0.489 e. The quantitative estimate of drug-likeness (QED) is 0.780. The van der Waals surface area contributed by atoms with Gasteiger partial charge >= 0.3 is 0 Å². The topological polar surface area (TPSA) is 26.3 Å². The molecule has 2 aromatic carbocycles. The second-order valence-electron chi connectivity index (χ2n) is 5.05. The molecule has 0 fully saturated rings. The maximum Gasteiger partial charge on any atom is 0.151 e. The van der Waals surface area contributed by atoms with Gasteiger partial charge in [0, 0.05) is 10.0 Å². The summed E-state index contributed by atoms with van der Waals surface area (Å²) in [6, 6.07) is 12.0. The molecule has 0 aromatic heterocycles. The number of carbonyl (C=O) groups is 1. The van der Waals surface area contributed by atoms with Crippen molar-refractivity contribution in [2.45, 2.75) is 25.9 Å². The van der Waals surface area contributed by atoms with Crippen LogP contribution in [0, 0.1) is 0 Å². The predicted molar refractivity (Wildman–Crippen MR) is 82.3 cm³/mol. The van der Waals surface area contributed by atoms with Gasteiger partial charge in [0.25, 0.3) is 0 Å². The highest BCUT2D eigenvalue weighted by Crippen LogP contribution is 2.25. The van der Waals surface area contributed by atoms with Crippen molar-refractivity contribution in [2.75, 3.05) is 0 Å². The maximum atomic E-state index is 10.9. The van der Waals surface area contributed by atoms with Crippen molar-refractivity contribution in [3.63, 3.8) is 0 Å². The van der Waals surface area contributed by atoms with E-state index < -0.39 is 0 Å². The smallest absolute Gasteiger partial charge is 0.151 e. The molecule has 1 aliphatic carbocycles. The molecule has 2 aromatic rings. The molecule has 0 radical (unpaired) electrons. The molecule has 0 bridgehead atoms. The van der Waals surface area contributed by atoms with Crippen LogP contribution in [0.25, 0.3) is 0 Å². The van der Waals surface area contributed by atoms with Crippen LogP contribution in [-0.2, 0) is 19.4 Å². The number of halogens is 1. The normalized spacial score (nSPS) is 13.1. The molecule has 0 spiro atoms. The highest BCUT2D eigenvalue weighted by Gasteiger charge is 2.11. The summed E-state index contributed by atoms with van der Waals surface area (Å²) in [5.41, 5.74) is 4.72. The molecule has 3 rings (SSSR count). The van der Waals surface area contributed by atoms with Crippen molar-refractivity contribution in [1.29, 1.82) is 0 Å². The fourth-order valence-corrected chi connectivity index (χ4v) is 2.92. The van der Waals surface area contributed by atoms with Gasteiger partial charge in [0.2, 0.25) is 0 Å². The fourth-order valence-electron chi connectivity index (χ4n) is 2.58. The molecule has 2 nitrogen and oxygen atoms in total. The molecular weight excluding hydrogens is 316 g/mol. The Morgan fingerprint density at radius 1 is 1.10 bits per heavy atom. The molecular formula is C17H15BrO2. The Morgan fingerprint density at radius 2 is 1.95 bits per heavy atom. The number of rotatable bonds is 4. The Kier molecular flexibility index (Phi) is 3.88. The first-order valence-corrected chi connectivity index (χ1v) is 7.54. The van der Waals surface area contributed by atoms with Crippen LogP contribution < -0.4 is 4.74 Å². The molecule has 0 saturated heterocycles. The lowest BCUT2D eigenvalue weighted by atomic mass is 10.1. The van der Waals surface area contributed by atoms with E-state index in [9.17, 15) is 4.79 Å². The van der Waals surface area contributed by atoms with Crippen LogP contribution in [0.1, 0.15) is 33.5 Å². The number of carbonyl (C=O) groups excluding carboxylic acids is 1. The average Bonchev–Trinajstić information content (AvgIpc) is 2.94. The first-order valence-electron chi connectivity index (χ1n) is 6.74. The molecule has 3 heteroatoms. The SMILES string of the molecule is O=Cc1cc(OCc2ccc3c(c2)CCC3)ccc1Br. The van der Waals surface area contributed by atoms with E-state index in [2.05, 4.69) is 34.1 Å². The third kappa shape index (κ3) is 2.78. The van der Waals surface area contributed by atoms with Crippen LogP contribution in [0.3, 0.4) is 0 Å². The fraction of sp³-hybridized carbons (Fsp3) is 0.235. The van der Waals surface area contributed by atoms with Gasteiger partial charge in [-0.2, -0.15) is 0 Å². The number of ether oxygens (including phenoxy) is 1. The second kappa shape index (κ2) is 5.80. The average molecular weight is 331 g/mol. The Bertz CT molecular complexity index is 649. The van der Waals surface area contributed by atoms with Gasteiger partial charge in [-0.3, -0.25) is 4.79 Å². The van der Waals surface area contributed by atoms with E-state index in [-0.39, 0.29) is 0 Å². The summed E-state index contributed by atoms with van der Waals surface area (Å²) in [6.45, 7) is 0.535. The van der Waals surface area contributed by atoms with Crippen molar-refractivity contribution in [1.82, 2.24) is 0 Å². The van der Waals surface area contributed by atoms with Crippen LogP contribution >= 0.6 is 15.9 Å². The van der Waals surface area contributed by atoms with Gasteiger partial charge in [0.05, 0.1) is 0 Å². The van der Waals surface area contributed by atoms with E-state index in [1.807, 2.05) is 12.1 Å². The van der Waals surface area contributed by atoms with E-state index in [0.717, 1.165) is 16.5 Å². The summed E-state index contributed by atoms with van der Waals surface area (Å²) in [6.07, 6.45) is 4.46. The molecule has 1 aliphatic rings. The third-order valence-corrected chi connectivity index (χ3v) is 4.39. The molecule has 0 N–H and O–H groups in total. The molecule has 0 saturated carbocycles. The second-order valence-corrected chi connectivity index (χ2v) is 5.90. The zero-order valence-corrected chi connectivity index (χ0v) is 12.7. The van der Waals surface area contributed by atoms with E-state index in [1.54, 1.807) is 6.07 Å². The summed E-state index contributed by atoms with van der Waals surface area (Å²) >= 11 is 3.33. The summed E-state index contributed by atoms with van der Waals surface area (Å²) < 4.78 is 6.56. The molecule has 20 heavy (non-hydrogen) atoms. The van der Waals surface area contributed by atoms with Gasteiger partial charge in [-0.15, -0.1) is 0 Å². The van der Waals surface area contributed by atoms with Crippen LogP contribution in [0.5, 0.6) is 5.75 Å². The number of fused-ring (bicyclic) bond motifs is 1. The maximum absolute atomic E-state index is 10.9. The van der Waals surface area contributed by atoms with Crippen molar-refractivity contribution in [3.8, 4) is 5.75 Å². The minimum absolute atomic E-state index is 0.535. The predicted octanol–water partition coefficient (Wildman–Crippen LogP) is 4.33. The van der Waals surface area contributed by atoms with Crippen molar-refractivity contribution in [2.24, 2.45) is 0 Å². The van der Waals surface area contributed by atoms with Crippen LogP contribution in [0.15, 0.2) is 40.9 Å². The van der Waals surface area contributed by atoms with E-state index >= 15 is 0 Å². The van der Waals surface area contributed by atoms with Gasteiger partial charge < -0.3 is 4.74 Å². The van der Waals surface area contributed by atoms with Gasteiger partial charge in [0.1, 0.15) is 12.4 Å². The highest BCUT2D eigenvalue weighted by molar-refractivity contribution is 9.10. The van der Waals surface area contributed by atoms with Crippen LogP contribution in [-0.4, -0.2) is 6.29 Å². The van der Waals surface area contributed by atoms with Gasteiger partial charge in [-0.05, 0) is 54.2 Å². The lowest BCUT2D eigenvalue weighted by Crippen LogP contribution is -1.97. The molecule has 0 heterocycles. The molecule has 0 atom stereocenters. The highest BCUT2D eigenvalue weighted by atomic mass is 79.9. The number of aldehydes is 1. The number of benzene rings is 2. The lowest BCUT2D eigenvalue weighted by molar-refractivity contribution is 0.112. The zero-order chi connectivity index (χ0) is 13.9. The molecule has 0 amide bonds. The lowest BCUT2D eigenvalue weighted by Gasteiger charge is -2.09. The van der Waals surface area contributed by atoms with Gasteiger partial charge in [0.15, 0.2) is 6.29 Å². The minimum atomic E-state index is 0.535. The Morgan fingerprint density at radius 3 is 2.80 bits per heavy atom. The van der Waals surface area contributed by atoms with Crippen LogP contribution in [0.2, 0.25) is 0 Å². The van der Waals surface area contributed by atoms with Gasteiger partial charge in [-0.25, -0.2) is 0 Å². The monoisotopic (exact) mass is 330 g/mol. The van der Waals surface area contributed by atoms with Crippen molar-refractivity contribution < 1.29 is 9.53 Å². The Labute approximate surface area is 126 Å². The first-order chi connectivity index (χ1) is 9.76. The van der Waals surface area contributed by atoms with E-state index in [1.165, 1.54) is 36.0 Å². The van der Waals surface area contributed by atoms with Crippen molar-refractivity contribution in [3.05, 3.63) is 63.1 Å². The standard InChI is InChI=1S/C17H15BrO2/c18-17-7-6-16(9-15(17)10-19)20-11-12-4-5-13-2-1-3-14(13)8-12/h4-10H,1-3,11H2. The third-order valence-electron chi connectivity index (χ3n) is 3.66. The molecule has 102 valence electrons. The van der Waals surface area contributed by atoms with E-state index in [0.29, 0.717) is 12.2 Å². The Hall–Kier alpha value is -1.61. The molecule has 0 unspecified atom stereocenters. The zero-order valence-electron chi connectivity index (χ0n) is 11.1. The summed E-state index contributed by atoms with van der Waals surface area (Å²) in [5.74, 6) is 0.718. The largest absolute Gasteiger partial charge is 0.489 e. The number of hydrogen-bond acceptors (Lipinski definition) is 2. The first kappa shape index (κ1) is 13.4. The summed E-state index contributed by atoms with van der Waals surface area (Å²) in [5, 5.41) is 0. The Balaban J connectivity index is 1.71. The number of hydrogen-bond donors (Lipinski definition) is 0. The summed E-state index contributed by atoms with van der Waals surface area (Å²) in [4.78, 5) is 10.9. The van der Waals surface area contributed by atoms with Crippen LogP contribution in [0.4, 0.5) is 0 Å².